The van der Waals surface area contributed by atoms with E-state index in [0.29, 0.717) is 27.4 Å². The molecule has 1 aliphatic carbocycles. The lowest BCUT2D eigenvalue weighted by atomic mass is 10.1. The van der Waals surface area contributed by atoms with E-state index in [1.165, 1.54) is 0 Å². The van der Waals surface area contributed by atoms with E-state index in [9.17, 15) is 22.0 Å². The van der Waals surface area contributed by atoms with Gasteiger partial charge in [-0.3, -0.25) is 0 Å². The van der Waals surface area contributed by atoms with Crippen molar-refractivity contribution < 1.29 is 31.6 Å². The number of thiophene rings is 1. The number of halogens is 6. The maximum Gasteiger partial charge on any atom is 0.389 e. The number of hydrogen-bond acceptors (Lipinski definition) is 5. The molecule has 0 saturated heterocycles. The van der Waals surface area contributed by atoms with Crippen molar-refractivity contribution in [3.63, 3.8) is 0 Å². The van der Waals surface area contributed by atoms with Gasteiger partial charge in [-0.05, 0) is 47.3 Å². The van der Waals surface area contributed by atoms with Gasteiger partial charge in [-0.2, -0.15) is 22.0 Å². The number of nitrogens with zero attached hydrogens (tertiary/aromatic N) is 2. The maximum absolute atomic E-state index is 14.2. The summed E-state index contributed by atoms with van der Waals surface area (Å²) in [6, 6.07) is 3.19. The van der Waals surface area contributed by atoms with E-state index in [1.54, 1.807) is 12.1 Å². The SMILES string of the molecule is OPC(F)(F)c1sc2c(OCCCC(F)(F)F)cc(-c3nnc(C4CC4)[nH]3)cc2c1Br. The van der Waals surface area contributed by atoms with Crippen molar-refractivity contribution in [2.45, 2.75) is 43.4 Å². The summed E-state index contributed by atoms with van der Waals surface area (Å²) in [5.41, 5.74) is -2.95. The lowest BCUT2D eigenvalue weighted by molar-refractivity contribution is -0.136. The second-order valence-electron chi connectivity index (χ2n) is 7.18. The number of alkyl halides is 5. The number of nitrogens with one attached hydrogen (secondary N) is 1. The van der Waals surface area contributed by atoms with Crippen LogP contribution in [0.3, 0.4) is 0 Å². The Hall–Kier alpha value is -1.36. The van der Waals surface area contributed by atoms with Crippen molar-refractivity contribution in [2.24, 2.45) is 0 Å². The summed E-state index contributed by atoms with van der Waals surface area (Å²) in [6.45, 7) is -0.231. The van der Waals surface area contributed by atoms with Crippen LogP contribution in [0.4, 0.5) is 22.0 Å². The molecule has 0 amide bonds. The third-order valence-corrected chi connectivity index (χ3v) is 7.81. The Kier molecular flexibility index (Phi) is 6.28. The van der Waals surface area contributed by atoms with Crippen molar-refractivity contribution in [3.8, 4) is 17.1 Å². The zero-order valence-electron chi connectivity index (χ0n) is 15.7. The molecular formula is C18H16BrF5N3O2PS. The fraction of sp³-hybridized carbons (Fsp3) is 0.444. The Balaban J connectivity index is 1.73. The molecule has 1 fully saturated rings. The number of fused-ring (bicyclic) bond motifs is 1. The number of aromatic amines is 1. The van der Waals surface area contributed by atoms with Crippen molar-refractivity contribution in [2.75, 3.05) is 6.61 Å². The fourth-order valence-corrected chi connectivity index (χ4v) is 5.69. The number of benzene rings is 1. The second-order valence-corrected chi connectivity index (χ2v) is 9.85. The quantitative estimate of drug-likeness (QED) is 0.189. The second kappa shape index (κ2) is 8.53. The summed E-state index contributed by atoms with van der Waals surface area (Å²) in [4.78, 5) is 11.8. The monoisotopic (exact) mass is 543 g/mol. The van der Waals surface area contributed by atoms with Crippen LogP contribution in [-0.2, 0) is 5.66 Å². The molecular weight excluding hydrogens is 528 g/mol. The molecule has 2 heterocycles. The molecule has 5 nitrogen and oxygen atoms in total. The molecule has 13 heteroatoms. The van der Waals surface area contributed by atoms with E-state index in [4.69, 9.17) is 9.63 Å². The van der Waals surface area contributed by atoms with E-state index in [0.717, 1.165) is 30.0 Å². The highest BCUT2D eigenvalue weighted by molar-refractivity contribution is 9.10. The molecule has 2 N–H and O–H groups in total. The lowest BCUT2D eigenvalue weighted by Gasteiger charge is -2.10. The Morgan fingerprint density at radius 2 is 1.97 bits per heavy atom. The van der Waals surface area contributed by atoms with Crippen LogP contribution < -0.4 is 4.74 Å². The molecule has 3 aromatic rings. The molecule has 1 aliphatic rings. The van der Waals surface area contributed by atoms with Gasteiger partial charge in [-0.1, -0.05) is 0 Å². The highest BCUT2D eigenvalue weighted by Gasteiger charge is 2.37. The van der Waals surface area contributed by atoms with Crippen LogP contribution in [-0.4, -0.2) is 32.9 Å². The van der Waals surface area contributed by atoms with E-state index in [1.807, 2.05) is 0 Å². The minimum atomic E-state index is -4.30. The molecule has 1 unspecified atom stereocenters. The minimum absolute atomic E-state index is 0.1000. The first-order valence-corrected chi connectivity index (χ1v) is 11.8. The Bertz CT molecular complexity index is 1100. The van der Waals surface area contributed by atoms with Gasteiger partial charge in [0.15, 0.2) is 5.82 Å². The van der Waals surface area contributed by atoms with Gasteiger partial charge < -0.3 is 14.6 Å². The molecule has 31 heavy (non-hydrogen) atoms. The lowest BCUT2D eigenvalue weighted by Crippen LogP contribution is -2.09. The minimum Gasteiger partial charge on any atom is -0.492 e. The summed E-state index contributed by atoms with van der Waals surface area (Å²) in [6.07, 6.45) is -3.55. The summed E-state index contributed by atoms with van der Waals surface area (Å²) in [7, 11) is -1.64. The molecule has 168 valence electrons. The highest BCUT2D eigenvalue weighted by atomic mass is 79.9. The van der Waals surface area contributed by atoms with Crippen LogP contribution >= 0.6 is 36.1 Å². The molecule has 1 saturated carbocycles. The van der Waals surface area contributed by atoms with E-state index in [2.05, 4.69) is 31.1 Å². The Morgan fingerprint density at radius 3 is 2.61 bits per heavy atom. The number of hydrogen-bond donors (Lipinski definition) is 2. The molecule has 0 bridgehead atoms. The Morgan fingerprint density at radius 1 is 1.23 bits per heavy atom. The van der Waals surface area contributed by atoms with E-state index in [-0.39, 0.29) is 28.1 Å². The molecule has 2 aromatic heterocycles. The van der Waals surface area contributed by atoms with E-state index < -0.39 is 27.1 Å². The number of ether oxygens (including phenoxy) is 1. The maximum atomic E-state index is 14.2. The summed E-state index contributed by atoms with van der Waals surface area (Å²) in [5.74, 6) is 1.65. The molecule has 0 aliphatic heterocycles. The summed E-state index contributed by atoms with van der Waals surface area (Å²) in [5, 5.41) is 8.63. The van der Waals surface area contributed by atoms with Crippen LogP contribution in [0.5, 0.6) is 5.75 Å². The third kappa shape index (κ3) is 5.02. The van der Waals surface area contributed by atoms with Gasteiger partial charge in [0.1, 0.15) is 11.6 Å². The standard InChI is InChI=1S/C18H16BrF5N3O2PS/c19-12-10-6-9(16-25-15(26-27-16)8-2-3-8)7-11(29-5-1-4-17(20,21)22)13(10)31-14(12)18(23,24)30-28/h6-8,28,30H,1-5H2,(H,25,26,27). The molecule has 0 radical (unpaired) electrons. The molecule has 1 atom stereocenters. The van der Waals surface area contributed by atoms with Crippen molar-refractivity contribution >= 4 is 46.2 Å². The average molecular weight is 544 g/mol. The first-order valence-electron chi connectivity index (χ1n) is 9.27. The van der Waals surface area contributed by atoms with E-state index >= 15 is 0 Å². The molecule has 4 rings (SSSR count). The zero-order valence-corrected chi connectivity index (χ0v) is 19.1. The molecule has 0 spiro atoms. The van der Waals surface area contributed by atoms with Crippen LogP contribution in [0.25, 0.3) is 21.5 Å². The van der Waals surface area contributed by atoms with Crippen molar-refractivity contribution in [1.82, 2.24) is 15.2 Å². The van der Waals surface area contributed by atoms with Crippen LogP contribution in [0.1, 0.15) is 42.3 Å². The summed E-state index contributed by atoms with van der Waals surface area (Å²) < 4.78 is 71.8. The van der Waals surface area contributed by atoms with Gasteiger partial charge in [0.25, 0.3) is 0 Å². The van der Waals surface area contributed by atoms with Crippen molar-refractivity contribution in [1.29, 1.82) is 0 Å². The number of rotatable bonds is 8. The first-order chi connectivity index (χ1) is 14.6. The smallest absolute Gasteiger partial charge is 0.389 e. The van der Waals surface area contributed by atoms with Gasteiger partial charge in [0.05, 0.1) is 25.0 Å². The predicted molar refractivity (Wildman–Crippen MR) is 112 cm³/mol. The van der Waals surface area contributed by atoms with Crippen LogP contribution in [0.2, 0.25) is 0 Å². The van der Waals surface area contributed by atoms with Crippen molar-refractivity contribution in [3.05, 3.63) is 27.3 Å². The molecule has 1 aromatic carbocycles. The predicted octanol–water partition coefficient (Wildman–Crippen LogP) is 6.68. The largest absolute Gasteiger partial charge is 0.492 e. The summed E-state index contributed by atoms with van der Waals surface area (Å²) >= 11 is 3.92. The normalized spacial score (nSPS) is 15.5. The van der Waals surface area contributed by atoms with Gasteiger partial charge >= 0.3 is 11.8 Å². The topological polar surface area (TPSA) is 71.0 Å². The van der Waals surface area contributed by atoms with Gasteiger partial charge in [0, 0.05) is 27.8 Å². The number of aromatic nitrogens is 3. The zero-order chi connectivity index (χ0) is 22.4. The fourth-order valence-electron chi connectivity index (χ4n) is 3.04. The van der Waals surface area contributed by atoms with Crippen LogP contribution in [0.15, 0.2) is 16.6 Å². The Labute approximate surface area is 187 Å². The van der Waals surface area contributed by atoms with Crippen LogP contribution in [0, 0.1) is 0 Å². The van der Waals surface area contributed by atoms with Gasteiger partial charge in [-0.15, -0.1) is 21.5 Å². The van der Waals surface area contributed by atoms with Gasteiger partial charge in [-0.25, -0.2) is 0 Å². The number of H-pyrrole nitrogens is 1. The van der Waals surface area contributed by atoms with Gasteiger partial charge in [0.2, 0.25) is 0 Å². The highest BCUT2D eigenvalue weighted by Crippen LogP contribution is 2.53. The first kappa shape index (κ1) is 22.8. The third-order valence-electron chi connectivity index (χ3n) is 4.72. The average Bonchev–Trinajstić information content (AvgIpc) is 3.34.